The molecule has 0 radical (unpaired) electrons. The van der Waals surface area contributed by atoms with E-state index in [-0.39, 0.29) is 5.41 Å². The first-order valence-electron chi connectivity index (χ1n) is 6.16. The molecule has 2 rings (SSSR count). The summed E-state index contributed by atoms with van der Waals surface area (Å²) in [6.45, 7) is 8.38. The van der Waals surface area contributed by atoms with E-state index in [1.165, 1.54) is 0 Å². The summed E-state index contributed by atoms with van der Waals surface area (Å²) in [7, 11) is 1.76. The second-order valence-electron chi connectivity index (χ2n) is 5.57. The van der Waals surface area contributed by atoms with Gasteiger partial charge in [-0.25, -0.2) is 0 Å². The van der Waals surface area contributed by atoms with Crippen molar-refractivity contribution in [1.29, 1.82) is 0 Å². The van der Waals surface area contributed by atoms with E-state index >= 15 is 0 Å². The van der Waals surface area contributed by atoms with Crippen LogP contribution < -0.4 is 5.32 Å². The van der Waals surface area contributed by atoms with Crippen molar-refractivity contribution in [2.45, 2.75) is 46.3 Å². The van der Waals surface area contributed by atoms with E-state index in [0.29, 0.717) is 17.3 Å². The first-order valence-corrected chi connectivity index (χ1v) is 6.54. The minimum atomic E-state index is 0.108. The number of methoxy groups -OCH3 is 1. The zero-order valence-corrected chi connectivity index (χ0v) is 12.3. The van der Waals surface area contributed by atoms with Gasteiger partial charge in [-0.15, -0.1) is 10.2 Å². The van der Waals surface area contributed by atoms with Crippen LogP contribution in [0.15, 0.2) is 0 Å². The van der Waals surface area contributed by atoms with Gasteiger partial charge in [-0.05, 0) is 31.4 Å². The molecule has 1 heterocycles. The van der Waals surface area contributed by atoms with Crippen molar-refractivity contribution in [2.75, 3.05) is 12.4 Å². The second kappa shape index (κ2) is 4.67. The molecule has 1 aliphatic carbocycles. The highest BCUT2D eigenvalue weighted by molar-refractivity contribution is 6.30. The molecule has 0 aliphatic heterocycles. The highest BCUT2D eigenvalue weighted by Crippen LogP contribution is 2.44. The summed E-state index contributed by atoms with van der Waals surface area (Å²) in [6, 6.07) is 0.357. The normalized spacial score (nSPS) is 25.7. The predicted octanol–water partition coefficient (Wildman–Crippen LogP) is 2.97. The zero-order valence-electron chi connectivity index (χ0n) is 11.5. The molecule has 1 aromatic heterocycles. The molecule has 1 fully saturated rings. The van der Waals surface area contributed by atoms with Crippen LogP contribution in [-0.4, -0.2) is 29.5 Å². The Hall–Kier alpha value is -0.870. The standard InChI is InChI=1S/C13H20ClN3O/c1-7-8(2)12(17-16-11(7)14)15-9-6-10(18-5)13(9,3)4/h9-10H,6H2,1-5H3,(H,15,17). The molecule has 0 spiro atoms. The van der Waals surface area contributed by atoms with Crippen LogP contribution in [0.2, 0.25) is 5.15 Å². The van der Waals surface area contributed by atoms with Crippen LogP contribution in [0.25, 0.3) is 0 Å². The number of nitrogens with one attached hydrogen (secondary N) is 1. The number of aromatic nitrogens is 2. The summed E-state index contributed by atoms with van der Waals surface area (Å²) >= 11 is 5.95. The maximum atomic E-state index is 5.95. The summed E-state index contributed by atoms with van der Waals surface area (Å²) in [5, 5.41) is 12.0. The Labute approximate surface area is 113 Å². The van der Waals surface area contributed by atoms with E-state index in [2.05, 4.69) is 29.4 Å². The number of rotatable bonds is 3. The summed E-state index contributed by atoms with van der Waals surface area (Å²) in [5.41, 5.74) is 2.15. The Balaban J connectivity index is 2.15. The Morgan fingerprint density at radius 1 is 1.28 bits per heavy atom. The van der Waals surface area contributed by atoms with Crippen molar-refractivity contribution < 1.29 is 4.74 Å². The SMILES string of the molecule is COC1CC(Nc2nnc(Cl)c(C)c2C)C1(C)C. The summed E-state index contributed by atoms with van der Waals surface area (Å²) in [4.78, 5) is 0. The number of halogens is 1. The molecule has 2 atom stereocenters. The number of hydrogen-bond donors (Lipinski definition) is 1. The summed E-state index contributed by atoms with van der Waals surface area (Å²) in [6.07, 6.45) is 1.29. The lowest BCUT2D eigenvalue weighted by Crippen LogP contribution is -2.57. The minimum absolute atomic E-state index is 0.108. The van der Waals surface area contributed by atoms with Crippen LogP contribution in [-0.2, 0) is 4.74 Å². The Morgan fingerprint density at radius 3 is 2.50 bits per heavy atom. The van der Waals surface area contributed by atoms with Crippen LogP contribution >= 0.6 is 11.6 Å². The molecule has 2 unspecified atom stereocenters. The predicted molar refractivity (Wildman–Crippen MR) is 73.1 cm³/mol. The highest BCUT2D eigenvalue weighted by atomic mass is 35.5. The van der Waals surface area contributed by atoms with Gasteiger partial charge in [0.1, 0.15) is 0 Å². The number of anilines is 1. The third-order valence-corrected chi connectivity index (χ3v) is 4.60. The van der Waals surface area contributed by atoms with Crippen molar-refractivity contribution in [3.05, 3.63) is 16.3 Å². The molecule has 0 aromatic carbocycles. The van der Waals surface area contributed by atoms with Crippen molar-refractivity contribution in [3.8, 4) is 0 Å². The van der Waals surface area contributed by atoms with Crippen LogP contribution in [0.1, 0.15) is 31.4 Å². The van der Waals surface area contributed by atoms with Gasteiger partial charge in [-0.1, -0.05) is 25.4 Å². The molecule has 0 saturated heterocycles. The zero-order chi connectivity index (χ0) is 13.5. The molecule has 1 aromatic rings. The van der Waals surface area contributed by atoms with Gasteiger partial charge in [0.15, 0.2) is 11.0 Å². The Kier molecular flexibility index (Phi) is 3.52. The van der Waals surface area contributed by atoms with E-state index in [1.807, 2.05) is 13.8 Å². The molecular weight excluding hydrogens is 250 g/mol. The lowest BCUT2D eigenvalue weighted by atomic mass is 9.64. The average Bonchev–Trinajstić information content (AvgIpc) is 2.33. The van der Waals surface area contributed by atoms with E-state index < -0.39 is 0 Å². The Morgan fingerprint density at radius 2 is 1.94 bits per heavy atom. The van der Waals surface area contributed by atoms with E-state index in [1.54, 1.807) is 7.11 Å². The van der Waals surface area contributed by atoms with Gasteiger partial charge in [0.25, 0.3) is 0 Å². The fraction of sp³-hybridized carbons (Fsp3) is 0.692. The summed E-state index contributed by atoms with van der Waals surface area (Å²) < 4.78 is 5.45. The molecule has 1 N–H and O–H groups in total. The van der Waals surface area contributed by atoms with Crippen molar-refractivity contribution in [1.82, 2.24) is 10.2 Å². The Bertz CT molecular complexity index is 462. The highest BCUT2D eigenvalue weighted by Gasteiger charge is 2.48. The lowest BCUT2D eigenvalue weighted by Gasteiger charge is -2.51. The van der Waals surface area contributed by atoms with E-state index in [4.69, 9.17) is 16.3 Å². The summed E-state index contributed by atoms with van der Waals surface area (Å²) in [5.74, 6) is 0.824. The number of hydrogen-bond acceptors (Lipinski definition) is 4. The molecular formula is C13H20ClN3O. The largest absolute Gasteiger partial charge is 0.381 e. The molecule has 18 heavy (non-hydrogen) atoms. The van der Waals surface area contributed by atoms with Gasteiger partial charge in [0.05, 0.1) is 6.10 Å². The quantitative estimate of drug-likeness (QED) is 0.916. The first kappa shape index (κ1) is 13.6. The maximum absolute atomic E-state index is 5.95. The van der Waals surface area contributed by atoms with E-state index in [0.717, 1.165) is 23.4 Å². The third-order valence-electron chi connectivity index (χ3n) is 4.24. The van der Waals surface area contributed by atoms with Crippen molar-refractivity contribution in [2.24, 2.45) is 5.41 Å². The third kappa shape index (κ3) is 2.08. The molecule has 0 amide bonds. The van der Waals surface area contributed by atoms with Crippen molar-refractivity contribution >= 4 is 17.4 Å². The molecule has 1 aliphatic rings. The van der Waals surface area contributed by atoms with Crippen LogP contribution in [0, 0.1) is 19.3 Å². The van der Waals surface area contributed by atoms with Gasteiger partial charge in [0.2, 0.25) is 0 Å². The van der Waals surface area contributed by atoms with Gasteiger partial charge in [-0.2, -0.15) is 0 Å². The maximum Gasteiger partial charge on any atom is 0.155 e. The molecule has 1 saturated carbocycles. The van der Waals surface area contributed by atoms with Crippen molar-refractivity contribution in [3.63, 3.8) is 0 Å². The average molecular weight is 270 g/mol. The molecule has 5 heteroatoms. The molecule has 100 valence electrons. The van der Waals surface area contributed by atoms with Crippen LogP contribution in [0.4, 0.5) is 5.82 Å². The lowest BCUT2D eigenvalue weighted by molar-refractivity contribution is -0.0795. The fourth-order valence-electron chi connectivity index (χ4n) is 2.41. The topological polar surface area (TPSA) is 47.0 Å². The van der Waals surface area contributed by atoms with Gasteiger partial charge >= 0.3 is 0 Å². The fourth-order valence-corrected chi connectivity index (χ4v) is 2.59. The number of ether oxygens (including phenoxy) is 1. The molecule has 0 bridgehead atoms. The second-order valence-corrected chi connectivity index (χ2v) is 5.93. The van der Waals surface area contributed by atoms with Gasteiger partial charge in [0, 0.05) is 18.6 Å². The first-order chi connectivity index (χ1) is 8.37. The number of nitrogens with zero attached hydrogens (tertiary/aromatic N) is 2. The minimum Gasteiger partial charge on any atom is -0.381 e. The molecule has 4 nitrogen and oxygen atoms in total. The van der Waals surface area contributed by atoms with Crippen LogP contribution in [0.5, 0.6) is 0 Å². The van der Waals surface area contributed by atoms with E-state index in [9.17, 15) is 0 Å². The van der Waals surface area contributed by atoms with Crippen LogP contribution in [0.3, 0.4) is 0 Å². The van der Waals surface area contributed by atoms with Gasteiger partial charge in [-0.3, -0.25) is 0 Å². The monoisotopic (exact) mass is 269 g/mol. The van der Waals surface area contributed by atoms with Gasteiger partial charge < -0.3 is 10.1 Å². The smallest absolute Gasteiger partial charge is 0.155 e.